The van der Waals surface area contributed by atoms with E-state index in [1.807, 2.05) is 12.1 Å². The molecular formula is C12H14O5. The molecule has 1 N–H and O–H groups in total. The molecule has 0 saturated heterocycles. The number of carbonyl (C=O) groups is 1. The number of fused-ring (bicyclic) bond motifs is 1. The van der Waals surface area contributed by atoms with Crippen LogP contribution in [0.25, 0.3) is 0 Å². The van der Waals surface area contributed by atoms with Crippen LogP contribution in [0.5, 0.6) is 17.2 Å². The van der Waals surface area contributed by atoms with Crippen LogP contribution in [-0.4, -0.2) is 30.9 Å². The lowest BCUT2D eigenvalue weighted by atomic mass is 10.2. The fourth-order valence-electron chi connectivity index (χ4n) is 1.57. The molecule has 1 heterocycles. The number of hydrogen-bond acceptors (Lipinski definition) is 4. The summed E-state index contributed by atoms with van der Waals surface area (Å²) in [6, 6.07) is 5.42. The zero-order chi connectivity index (χ0) is 12.1. The fourth-order valence-corrected chi connectivity index (χ4v) is 1.57. The molecule has 2 rings (SSSR count). The van der Waals surface area contributed by atoms with Gasteiger partial charge in [0.25, 0.3) is 0 Å². The molecule has 0 saturated carbocycles. The molecule has 5 heteroatoms. The Kier molecular flexibility index (Phi) is 3.69. The predicted octanol–water partition coefficient (Wildman–Crippen LogP) is 1.70. The second-order valence-corrected chi connectivity index (χ2v) is 3.63. The maximum absolute atomic E-state index is 10.3. The van der Waals surface area contributed by atoms with E-state index in [1.54, 1.807) is 6.07 Å². The monoisotopic (exact) mass is 238 g/mol. The first-order valence-corrected chi connectivity index (χ1v) is 5.50. The lowest BCUT2D eigenvalue weighted by Gasteiger charge is -2.20. The van der Waals surface area contributed by atoms with Crippen molar-refractivity contribution in [3.63, 3.8) is 0 Å². The Labute approximate surface area is 98.9 Å². The topological polar surface area (TPSA) is 65.0 Å². The van der Waals surface area contributed by atoms with Crippen molar-refractivity contribution in [1.29, 1.82) is 0 Å². The summed E-state index contributed by atoms with van der Waals surface area (Å²) in [5.41, 5.74) is 0. The van der Waals surface area contributed by atoms with E-state index in [0.29, 0.717) is 43.5 Å². The van der Waals surface area contributed by atoms with Crippen molar-refractivity contribution in [2.75, 3.05) is 19.8 Å². The molecule has 1 aliphatic heterocycles. The zero-order valence-electron chi connectivity index (χ0n) is 9.35. The Morgan fingerprint density at radius 3 is 3.00 bits per heavy atom. The van der Waals surface area contributed by atoms with Crippen molar-refractivity contribution >= 4 is 5.97 Å². The summed E-state index contributed by atoms with van der Waals surface area (Å²) >= 11 is 0. The molecule has 0 amide bonds. The predicted molar refractivity (Wildman–Crippen MR) is 59.8 cm³/mol. The van der Waals surface area contributed by atoms with Gasteiger partial charge in [-0.05, 0) is 18.6 Å². The minimum absolute atomic E-state index is 0.104. The van der Waals surface area contributed by atoms with Gasteiger partial charge in [0.2, 0.25) is 5.75 Å². The van der Waals surface area contributed by atoms with Crippen LogP contribution < -0.4 is 14.2 Å². The van der Waals surface area contributed by atoms with Crippen molar-refractivity contribution in [3.8, 4) is 17.2 Å². The first-order valence-electron chi connectivity index (χ1n) is 5.50. The molecule has 1 aromatic rings. The van der Waals surface area contributed by atoms with Crippen molar-refractivity contribution in [3.05, 3.63) is 18.2 Å². The molecule has 1 aromatic carbocycles. The molecule has 92 valence electrons. The highest BCUT2D eigenvalue weighted by atomic mass is 16.6. The average molecular weight is 238 g/mol. The number of carboxylic acids is 1. The van der Waals surface area contributed by atoms with E-state index in [4.69, 9.17) is 19.3 Å². The normalized spacial score (nSPS) is 13.2. The number of aliphatic carboxylic acids is 1. The lowest BCUT2D eigenvalue weighted by molar-refractivity contribution is -0.137. The van der Waals surface area contributed by atoms with Gasteiger partial charge in [-0.3, -0.25) is 4.79 Å². The van der Waals surface area contributed by atoms with Gasteiger partial charge in [0.15, 0.2) is 11.5 Å². The van der Waals surface area contributed by atoms with Crippen LogP contribution in [0.1, 0.15) is 12.8 Å². The molecule has 0 unspecified atom stereocenters. The molecule has 0 fully saturated rings. The minimum Gasteiger partial charge on any atom is -0.490 e. The zero-order valence-corrected chi connectivity index (χ0v) is 9.35. The number of para-hydroxylation sites is 1. The van der Waals surface area contributed by atoms with Gasteiger partial charge in [0.05, 0.1) is 6.61 Å². The number of hydrogen-bond donors (Lipinski definition) is 1. The standard InChI is InChI=1S/C12H14O5/c13-11(14)5-2-6-15-9-3-1-4-10-12(9)17-8-7-16-10/h1,3-4H,2,5-8H2,(H,13,14). The first kappa shape index (κ1) is 11.6. The van der Waals surface area contributed by atoms with Crippen LogP contribution in [0.15, 0.2) is 18.2 Å². The lowest BCUT2D eigenvalue weighted by Crippen LogP contribution is -2.16. The summed E-state index contributed by atoms with van der Waals surface area (Å²) in [6.45, 7) is 1.39. The fraction of sp³-hybridized carbons (Fsp3) is 0.417. The van der Waals surface area contributed by atoms with Crippen LogP contribution in [0, 0.1) is 0 Å². The van der Waals surface area contributed by atoms with Gasteiger partial charge in [0, 0.05) is 6.42 Å². The summed E-state index contributed by atoms with van der Waals surface area (Å²) < 4.78 is 16.4. The van der Waals surface area contributed by atoms with E-state index in [2.05, 4.69) is 0 Å². The van der Waals surface area contributed by atoms with Crippen LogP contribution in [0.2, 0.25) is 0 Å². The van der Waals surface area contributed by atoms with E-state index >= 15 is 0 Å². The second kappa shape index (κ2) is 5.43. The van der Waals surface area contributed by atoms with Crippen molar-refractivity contribution in [2.45, 2.75) is 12.8 Å². The molecule has 1 aliphatic rings. The highest BCUT2D eigenvalue weighted by Gasteiger charge is 2.16. The quantitative estimate of drug-likeness (QED) is 0.791. The van der Waals surface area contributed by atoms with Crippen molar-refractivity contribution in [1.82, 2.24) is 0 Å². The third-order valence-electron chi connectivity index (χ3n) is 2.32. The van der Waals surface area contributed by atoms with Gasteiger partial charge in [0.1, 0.15) is 13.2 Å². The van der Waals surface area contributed by atoms with E-state index in [0.717, 1.165) is 0 Å². The highest BCUT2D eigenvalue weighted by molar-refractivity contribution is 5.66. The average Bonchev–Trinajstić information content (AvgIpc) is 2.34. The SMILES string of the molecule is O=C(O)CCCOc1cccc2c1OCCO2. The Morgan fingerprint density at radius 1 is 1.35 bits per heavy atom. The van der Waals surface area contributed by atoms with E-state index in [9.17, 15) is 4.79 Å². The third kappa shape index (κ3) is 3.03. The molecule has 0 aliphatic carbocycles. The Balaban J connectivity index is 1.94. The smallest absolute Gasteiger partial charge is 0.303 e. The largest absolute Gasteiger partial charge is 0.490 e. The van der Waals surface area contributed by atoms with Gasteiger partial charge in [-0.2, -0.15) is 0 Å². The van der Waals surface area contributed by atoms with Crippen molar-refractivity contribution in [2.24, 2.45) is 0 Å². The Morgan fingerprint density at radius 2 is 2.18 bits per heavy atom. The third-order valence-corrected chi connectivity index (χ3v) is 2.32. The summed E-state index contributed by atoms with van der Waals surface area (Å²) in [6.07, 6.45) is 0.576. The molecule has 0 atom stereocenters. The second-order valence-electron chi connectivity index (χ2n) is 3.63. The van der Waals surface area contributed by atoms with Crippen LogP contribution >= 0.6 is 0 Å². The molecule has 5 nitrogen and oxygen atoms in total. The maximum atomic E-state index is 10.3. The summed E-state index contributed by atoms with van der Waals surface area (Å²) in [7, 11) is 0. The van der Waals surface area contributed by atoms with E-state index in [-0.39, 0.29) is 6.42 Å². The van der Waals surface area contributed by atoms with Gasteiger partial charge in [-0.1, -0.05) is 6.07 Å². The molecule has 0 radical (unpaired) electrons. The minimum atomic E-state index is -0.816. The van der Waals surface area contributed by atoms with Crippen LogP contribution in [-0.2, 0) is 4.79 Å². The molecule has 0 bridgehead atoms. The van der Waals surface area contributed by atoms with Crippen molar-refractivity contribution < 1.29 is 24.1 Å². The maximum Gasteiger partial charge on any atom is 0.303 e. The van der Waals surface area contributed by atoms with Gasteiger partial charge >= 0.3 is 5.97 Å². The van der Waals surface area contributed by atoms with Gasteiger partial charge < -0.3 is 19.3 Å². The molecule has 0 aromatic heterocycles. The number of rotatable bonds is 5. The number of carboxylic acid groups (broad SMARTS) is 1. The molecule has 17 heavy (non-hydrogen) atoms. The molecular weight excluding hydrogens is 224 g/mol. The first-order chi connectivity index (χ1) is 8.27. The van der Waals surface area contributed by atoms with Gasteiger partial charge in [-0.15, -0.1) is 0 Å². The highest BCUT2D eigenvalue weighted by Crippen LogP contribution is 2.38. The van der Waals surface area contributed by atoms with E-state index < -0.39 is 5.97 Å². The van der Waals surface area contributed by atoms with E-state index in [1.165, 1.54) is 0 Å². The number of benzene rings is 1. The Bertz CT molecular complexity index is 402. The summed E-state index contributed by atoms with van der Waals surface area (Å²) in [4.78, 5) is 10.3. The van der Waals surface area contributed by atoms with Crippen LogP contribution in [0.3, 0.4) is 0 Å². The molecule has 0 spiro atoms. The van der Waals surface area contributed by atoms with Gasteiger partial charge in [-0.25, -0.2) is 0 Å². The summed E-state index contributed by atoms with van der Waals surface area (Å²) in [5, 5.41) is 8.50. The van der Waals surface area contributed by atoms with Crippen LogP contribution in [0.4, 0.5) is 0 Å². The number of ether oxygens (including phenoxy) is 3. The Hall–Kier alpha value is -1.91. The summed E-state index contributed by atoms with van der Waals surface area (Å²) in [5.74, 6) is 1.07.